The molecule has 0 spiro atoms. The molecule has 29 heavy (non-hydrogen) atoms. The molecule has 0 bridgehead atoms. The van der Waals surface area contributed by atoms with E-state index in [9.17, 15) is 18.0 Å². The maximum Gasteiger partial charge on any atom is 0.387 e. The van der Waals surface area contributed by atoms with Crippen LogP contribution in [0.3, 0.4) is 0 Å². The number of methoxy groups -OCH3 is 1. The van der Waals surface area contributed by atoms with Crippen LogP contribution in [0.25, 0.3) is 6.08 Å². The first-order chi connectivity index (χ1) is 13.8. The van der Waals surface area contributed by atoms with Gasteiger partial charge in [-0.25, -0.2) is 4.39 Å². The van der Waals surface area contributed by atoms with Crippen LogP contribution < -0.4 is 14.2 Å². The number of nitrogens with zero attached hydrogens (tertiary/aromatic N) is 1. The van der Waals surface area contributed by atoms with Crippen LogP contribution in [0.4, 0.5) is 13.2 Å². The summed E-state index contributed by atoms with van der Waals surface area (Å²) in [4.78, 5) is 13.7. The Balaban J connectivity index is 2.07. The normalized spacial score (nSPS) is 11.0. The zero-order valence-electron chi connectivity index (χ0n) is 16.3. The van der Waals surface area contributed by atoms with Gasteiger partial charge in [-0.3, -0.25) is 4.79 Å². The predicted octanol–water partition coefficient (Wildman–Crippen LogP) is 4.51. The minimum atomic E-state index is -2.96. The highest BCUT2D eigenvalue weighted by molar-refractivity contribution is 5.91. The monoisotopic (exact) mass is 409 g/mol. The van der Waals surface area contributed by atoms with Gasteiger partial charge in [0.25, 0.3) is 0 Å². The van der Waals surface area contributed by atoms with Crippen molar-refractivity contribution in [1.29, 1.82) is 0 Å². The molecule has 0 aromatic heterocycles. The summed E-state index contributed by atoms with van der Waals surface area (Å²) in [5.41, 5.74) is 1.19. The van der Waals surface area contributed by atoms with Crippen molar-refractivity contribution in [3.05, 3.63) is 59.4 Å². The van der Waals surface area contributed by atoms with Crippen molar-refractivity contribution < 1.29 is 32.2 Å². The molecule has 8 heteroatoms. The van der Waals surface area contributed by atoms with Gasteiger partial charge in [0.1, 0.15) is 0 Å². The Morgan fingerprint density at radius 1 is 1.14 bits per heavy atom. The van der Waals surface area contributed by atoms with Crippen LogP contribution in [-0.2, 0) is 11.3 Å². The topological polar surface area (TPSA) is 48.0 Å². The molecule has 1 amide bonds. The number of carbonyl (C=O) groups excluding carboxylic acids is 1. The van der Waals surface area contributed by atoms with E-state index in [1.54, 1.807) is 20.0 Å². The fourth-order valence-electron chi connectivity index (χ4n) is 2.54. The summed E-state index contributed by atoms with van der Waals surface area (Å²) in [5.74, 6) is -0.608. The molecule has 2 rings (SSSR count). The van der Waals surface area contributed by atoms with Crippen molar-refractivity contribution >= 4 is 12.0 Å². The highest BCUT2D eigenvalue weighted by Crippen LogP contribution is 2.30. The number of alkyl halides is 2. The fraction of sp³-hybridized carbons (Fsp3) is 0.286. The lowest BCUT2D eigenvalue weighted by atomic mass is 10.1. The van der Waals surface area contributed by atoms with Crippen molar-refractivity contribution in [2.75, 3.05) is 20.8 Å². The summed E-state index contributed by atoms with van der Waals surface area (Å²) in [5, 5.41) is 0. The molecule has 5 nitrogen and oxygen atoms in total. The molecule has 0 atom stereocenters. The van der Waals surface area contributed by atoms with Crippen LogP contribution in [0.2, 0.25) is 0 Å². The van der Waals surface area contributed by atoms with Gasteiger partial charge in [0.05, 0.1) is 13.7 Å². The molecular weight excluding hydrogens is 387 g/mol. The van der Waals surface area contributed by atoms with Gasteiger partial charge in [-0.2, -0.15) is 8.78 Å². The number of rotatable bonds is 9. The second-order valence-electron chi connectivity index (χ2n) is 6.01. The lowest BCUT2D eigenvalue weighted by Gasteiger charge is -2.16. The lowest BCUT2D eigenvalue weighted by Crippen LogP contribution is -2.24. The molecule has 0 heterocycles. The van der Waals surface area contributed by atoms with E-state index in [1.807, 2.05) is 0 Å². The maximum atomic E-state index is 13.8. The van der Waals surface area contributed by atoms with Crippen LogP contribution in [0.15, 0.2) is 42.5 Å². The number of benzene rings is 2. The molecule has 0 aliphatic heterocycles. The molecular formula is C21H22F3NO4. The minimum Gasteiger partial charge on any atom is -0.494 e. The molecule has 0 saturated heterocycles. The molecule has 0 aliphatic carbocycles. The van der Waals surface area contributed by atoms with E-state index in [-0.39, 0.29) is 36.3 Å². The van der Waals surface area contributed by atoms with Gasteiger partial charge in [-0.1, -0.05) is 12.1 Å². The molecule has 2 aromatic carbocycles. The smallest absolute Gasteiger partial charge is 0.387 e. The Labute approximate surface area is 167 Å². The first-order valence-electron chi connectivity index (χ1n) is 8.81. The van der Waals surface area contributed by atoms with E-state index in [0.29, 0.717) is 11.1 Å². The molecule has 0 saturated carbocycles. The van der Waals surface area contributed by atoms with Crippen LogP contribution in [0.5, 0.6) is 17.2 Å². The Hall–Kier alpha value is -3.16. The molecule has 0 aliphatic rings. The van der Waals surface area contributed by atoms with Crippen molar-refractivity contribution in [2.45, 2.75) is 20.1 Å². The van der Waals surface area contributed by atoms with Gasteiger partial charge in [0.2, 0.25) is 5.91 Å². The van der Waals surface area contributed by atoms with Gasteiger partial charge < -0.3 is 19.1 Å². The SMILES string of the molecule is CCOc1cc(/C=C/C(=O)N(C)Cc2ccc(OC)c(F)c2)ccc1OC(F)F. The van der Waals surface area contributed by atoms with Crippen LogP contribution >= 0.6 is 0 Å². The second-order valence-corrected chi connectivity index (χ2v) is 6.01. The van der Waals surface area contributed by atoms with E-state index in [2.05, 4.69) is 4.74 Å². The largest absolute Gasteiger partial charge is 0.494 e. The first-order valence-corrected chi connectivity index (χ1v) is 8.81. The molecule has 2 aromatic rings. The van der Waals surface area contributed by atoms with Crippen molar-refractivity contribution in [1.82, 2.24) is 4.90 Å². The van der Waals surface area contributed by atoms with Crippen LogP contribution in [0, 0.1) is 5.82 Å². The standard InChI is InChI=1S/C21H22F3NO4/c1-4-28-19-12-14(5-9-18(19)29-21(23)24)7-10-20(26)25(2)13-15-6-8-17(27-3)16(22)11-15/h5-12,21H,4,13H2,1-3H3/b10-7+. The number of amides is 1. The zero-order valence-corrected chi connectivity index (χ0v) is 16.3. The number of halogens is 3. The average molecular weight is 409 g/mol. The van der Waals surface area contributed by atoms with E-state index in [0.717, 1.165) is 0 Å². The van der Waals surface area contributed by atoms with Gasteiger partial charge in [-0.15, -0.1) is 0 Å². The Kier molecular flexibility index (Phi) is 7.94. The molecule has 156 valence electrons. The minimum absolute atomic E-state index is 0.0797. The van der Waals surface area contributed by atoms with Crippen molar-refractivity contribution in [3.8, 4) is 17.2 Å². The summed E-state index contributed by atoms with van der Waals surface area (Å²) < 4.78 is 53.3. The number of hydrogen-bond acceptors (Lipinski definition) is 4. The summed E-state index contributed by atoms with van der Waals surface area (Å²) >= 11 is 0. The van der Waals surface area contributed by atoms with Crippen molar-refractivity contribution in [3.63, 3.8) is 0 Å². The van der Waals surface area contributed by atoms with Crippen molar-refractivity contribution in [2.24, 2.45) is 0 Å². The Morgan fingerprint density at radius 2 is 1.86 bits per heavy atom. The van der Waals surface area contributed by atoms with Gasteiger partial charge >= 0.3 is 6.61 Å². The Morgan fingerprint density at radius 3 is 2.48 bits per heavy atom. The van der Waals surface area contributed by atoms with Crippen LogP contribution in [0.1, 0.15) is 18.1 Å². The van der Waals surface area contributed by atoms with E-state index in [1.165, 1.54) is 54.5 Å². The highest BCUT2D eigenvalue weighted by atomic mass is 19.3. The fourth-order valence-corrected chi connectivity index (χ4v) is 2.54. The zero-order chi connectivity index (χ0) is 21.4. The first kappa shape index (κ1) is 22.1. The highest BCUT2D eigenvalue weighted by Gasteiger charge is 2.12. The third kappa shape index (κ3) is 6.44. The predicted molar refractivity (Wildman–Crippen MR) is 103 cm³/mol. The average Bonchev–Trinajstić information content (AvgIpc) is 2.67. The quantitative estimate of drug-likeness (QED) is 0.572. The number of ether oxygens (including phenoxy) is 3. The summed E-state index contributed by atoms with van der Waals surface area (Å²) in [6.45, 7) is -0.772. The van der Waals surface area contributed by atoms with Gasteiger partial charge in [-0.05, 0) is 48.4 Å². The van der Waals surface area contributed by atoms with E-state index < -0.39 is 12.4 Å². The van der Waals surface area contributed by atoms with E-state index in [4.69, 9.17) is 9.47 Å². The van der Waals surface area contributed by atoms with Gasteiger partial charge in [0.15, 0.2) is 23.1 Å². The molecule has 0 unspecified atom stereocenters. The van der Waals surface area contributed by atoms with E-state index >= 15 is 0 Å². The number of carbonyl (C=O) groups is 1. The lowest BCUT2D eigenvalue weighted by molar-refractivity contribution is -0.125. The summed E-state index contributed by atoms with van der Waals surface area (Å²) in [7, 11) is 2.96. The third-order valence-corrected chi connectivity index (χ3v) is 3.91. The molecule has 0 N–H and O–H groups in total. The summed E-state index contributed by atoms with van der Waals surface area (Å²) in [6, 6.07) is 8.86. The number of hydrogen-bond donors (Lipinski definition) is 0. The van der Waals surface area contributed by atoms with Crippen LogP contribution in [-0.4, -0.2) is 38.2 Å². The molecule has 0 fully saturated rings. The Bertz CT molecular complexity index is 871. The summed E-state index contributed by atoms with van der Waals surface area (Å²) in [6.07, 6.45) is 2.86. The van der Waals surface area contributed by atoms with Gasteiger partial charge in [0, 0.05) is 19.7 Å². The number of likely N-dealkylation sites (N-methyl/N-ethyl adjacent to an activating group) is 1. The third-order valence-electron chi connectivity index (χ3n) is 3.91. The molecule has 0 radical (unpaired) electrons. The maximum absolute atomic E-state index is 13.8. The second kappa shape index (κ2) is 10.4.